The molecule has 0 spiro atoms. The molecule has 1 amide bonds. The first kappa shape index (κ1) is 6.55. The Labute approximate surface area is 54.4 Å². The van der Waals surface area contributed by atoms with E-state index in [1.165, 1.54) is 0 Å². The van der Waals surface area contributed by atoms with Gasteiger partial charge in [0.05, 0.1) is 12.5 Å². The third-order valence-electron chi connectivity index (χ3n) is 1.13. The summed E-state index contributed by atoms with van der Waals surface area (Å²) in [5.74, 6) is 0.0839. The normalized spacial score (nSPS) is 25.7. The van der Waals surface area contributed by atoms with Crippen molar-refractivity contribution in [1.82, 2.24) is 5.32 Å². The van der Waals surface area contributed by atoms with E-state index in [2.05, 4.69) is 5.32 Å². The first-order chi connectivity index (χ1) is 4.18. The average molecular weight is 129 g/mol. The molecule has 52 valence electrons. The summed E-state index contributed by atoms with van der Waals surface area (Å²) < 4.78 is 5.22. The van der Waals surface area contributed by atoms with Gasteiger partial charge in [0.1, 0.15) is 6.23 Å². The number of ether oxygens (including phenoxy) is 1. The molecule has 0 bridgehead atoms. The molecular formula is C6H11NO2. The zero-order chi connectivity index (χ0) is 6.85. The van der Waals surface area contributed by atoms with E-state index in [1.54, 1.807) is 0 Å². The molecule has 1 unspecified atom stereocenters. The SMILES string of the molecule is CC(C)OC1CC(=O)N1. The van der Waals surface area contributed by atoms with Crippen LogP contribution in [0.1, 0.15) is 20.3 Å². The third-order valence-corrected chi connectivity index (χ3v) is 1.13. The second kappa shape index (κ2) is 2.35. The Hall–Kier alpha value is -0.570. The van der Waals surface area contributed by atoms with Crippen LogP contribution in [0.3, 0.4) is 0 Å². The lowest BCUT2D eigenvalue weighted by Gasteiger charge is -2.28. The maximum absolute atomic E-state index is 10.3. The molecule has 1 heterocycles. The molecule has 9 heavy (non-hydrogen) atoms. The lowest BCUT2D eigenvalue weighted by molar-refractivity contribution is -0.143. The second-order valence-corrected chi connectivity index (χ2v) is 2.45. The fourth-order valence-corrected chi connectivity index (χ4v) is 0.737. The summed E-state index contributed by atoms with van der Waals surface area (Å²) in [6.45, 7) is 3.90. The van der Waals surface area contributed by atoms with Crippen LogP contribution in [0, 0.1) is 0 Å². The minimum absolute atomic E-state index is 0.0162. The second-order valence-electron chi connectivity index (χ2n) is 2.45. The van der Waals surface area contributed by atoms with Crippen molar-refractivity contribution in [2.24, 2.45) is 0 Å². The number of amides is 1. The van der Waals surface area contributed by atoms with Crippen molar-refractivity contribution in [3.63, 3.8) is 0 Å². The molecule has 1 saturated heterocycles. The van der Waals surface area contributed by atoms with Gasteiger partial charge in [-0.2, -0.15) is 0 Å². The van der Waals surface area contributed by atoms with E-state index >= 15 is 0 Å². The van der Waals surface area contributed by atoms with Gasteiger partial charge in [0.15, 0.2) is 0 Å². The Morgan fingerprint density at radius 3 is 2.67 bits per heavy atom. The Balaban J connectivity index is 2.11. The summed E-state index contributed by atoms with van der Waals surface area (Å²) in [6.07, 6.45) is 0.714. The summed E-state index contributed by atoms with van der Waals surface area (Å²) in [5, 5.41) is 2.61. The van der Waals surface area contributed by atoms with E-state index in [9.17, 15) is 4.79 Å². The third kappa shape index (κ3) is 1.68. The van der Waals surface area contributed by atoms with Crippen LogP contribution in [-0.4, -0.2) is 18.2 Å². The van der Waals surface area contributed by atoms with Crippen LogP contribution < -0.4 is 5.32 Å². The maximum atomic E-state index is 10.3. The van der Waals surface area contributed by atoms with Crippen LogP contribution in [0.4, 0.5) is 0 Å². The monoisotopic (exact) mass is 129 g/mol. The van der Waals surface area contributed by atoms with Crippen molar-refractivity contribution in [2.45, 2.75) is 32.6 Å². The highest BCUT2D eigenvalue weighted by Crippen LogP contribution is 2.07. The Bertz CT molecular complexity index is 114. The number of hydrogen-bond donors (Lipinski definition) is 1. The van der Waals surface area contributed by atoms with Crippen LogP contribution in [-0.2, 0) is 9.53 Å². The Morgan fingerprint density at radius 2 is 2.33 bits per heavy atom. The molecule has 1 rings (SSSR count). The first-order valence-electron chi connectivity index (χ1n) is 3.13. The van der Waals surface area contributed by atoms with Gasteiger partial charge in [0.25, 0.3) is 0 Å². The minimum Gasteiger partial charge on any atom is -0.355 e. The molecule has 3 nitrogen and oxygen atoms in total. The van der Waals surface area contributed by atoms with Crippen LogP contribution in [0.5, 0.6) is 0 Å². The van der Waals surface area contributed by atoms with Crippen molar-refractivity contribution >= 4 is 5.91 Å². The number of β-lactam (4-membered cyclic amide) rings is 1. The van der Waals surface area contributed by atoms with E-state index in [1.807, 2.05) is 13.8 Å². The highest BCUT2D eigenvalue weighted by molar-refractivity contribution is 5.82. The quantitative estimate of drug-likeness (QED) is 0.543. The van der Waals surface area contributed by atoms with Gasteiger partial charge < -0.3 is 10.1 Å². The molecule has 1 N–H and O–H groups in total. The van der Waals surface area contributed by atoms with E-state index in [0.29, 0.717) is 6.42 Å². The molecule has 0 radical (unpaired) electrons. The lowest BCUT2D eigenvalue weighted by Crippen LogP contribution is -2.50. The predicted octanol–water partition coefficient (Wildman–Crippen LogP) is 0.257. The molecule has 1 atom stereocenters. The van der Waals surface area contributed by atoms with Gasteiger partial charge in [-0.1, -0.05) is 0 Å². The fraction of sp³-hybridized carbons (Fsp3) is 0.833. The number of rotatable bonds is 2. The molecule has 0 aromatic heterocycles. The number of carbonyl (C=O) groups is 1. The summed E-state index contributed by atoms with van der Waals surface area (Å²) in [4.78, 5) is 10.3. The van der Waals surface area contributed by atoms with Crippen LogP contribution in [0.15, 0.2) is 0 Å². The summed E-state index contributed by atoms with van der Waals surface area (Å²) in [7, 11) is 0. The smallest absolute Gasteiger partial charge is 0.226 e. The van der Waals surface area contributed by atoms with E-state index in [4.69, 9.17) is 4.74 Å². The van der Waals surface area contributed by atoms with Gasteiger partial charge in [0.2, 0.25) is 5.91 Å². The number of nitrogens with one attached hydrogen (secondary N) is 1. The minimum atomic E-state index is -0.0162. The number of carbonyl (C=O) groups excluding carboxylic acids is 1. The van der Waals surface area contributed by atoms with E-state index < -0.39 is 0 Å². The van der Waals surface area contributed by atoms with Crippen LogP contribution in [0.2, 0.25) is 0 Å². The molecule has 0 aromatic rings. The topological polar surface area (TPSA) is 38.3 Å². The highest BCUT2D eigenvalue weighted by atomic mass is 16.5. The Morgan fingerprint density at radius 1 is 1.78 bits per heavy atom. The number of hydrogen-bond acceptors (Lipinski definition) is 2. The molecule has 0 saturated carbocycles. The van der Waals surface area contributed by atoms with Crippen molar-refractivity contribution < 1.29 is 9.53 Å². The van der Waals surface area contributed by atoms with Gasteiger partial charge in [-0.05, 0) is 13.8 Å². The standard InChI is InChI=1S/C6H11NO2/c1-4(2)9-6-3-5(8)7-6/h4,6H,3H2,1-2H3,(H,7,8). The largest absolute Gasteiger partial charge is 0.355 e. The zero-order valence-electron chi connectivity index (χ0n) is 5.68. The van der Waals surface area contributed by atoms with Gasteiger partial charge >= 0.3 is 0 Å². The highest BCUT2D eigenvalue weighted by Gasteiger charge is 2.26. The molecule has 1 aliphatic rings. The van der Waals surface area contributed by atoms with Crippen molar-refractivity contribution in [2.75, 3.05) is 0 Å². The molecule has 1 aliphatic heterocycles. The molecule has 1 fully saturated rings. The van der Waals surface area contributed by atoms with Gasteiger partial charge in [-0.25, -0.2) is 0 Å². The van der Waals surface area contributed by atoms with Gasteiger partial charge in [0, 0.05) is 0 Å². The lowest BCUT2D eigenvalue weighted by atomic mass is 10.2. The van der Waals surface area contributed by atoms with Crippen molar-refractivity contribution in [3.05, 3.63) is 0 Å². The van der Waals surface area contributed by atoms with E-state index in [-0.39, 0.29) is 18.2 Å². The average Bonchev–Trinajstić information content (AvgIpc) is 1.60. The van der Waals surface area contributed by atoms with Gasteiger partial charge in [-0.3, -0.25) is 4.79 Å². The van der Waals surface area contributed by atoms with E-state index in [0.717, 1.165) is 0 Å². The van der Waals surface area contributed by atoms with Crippen molar-refractivity contribution in [1.29, 1.82) is 0 Å². The summed E-state index contributed by atoms with van der Waals surface area (Å²) >= 11 is 0. The first-order valence-corrected chi connectivity index (χ1v) is 3.13. The van der Waals surface area contributed by atoms with Crippen molar-refractivity contribution in [3.8, 4) is 0 Å². The van der Waals surface area contributed by atoms with Gasteiger partial charge in [-0.15, -0.1) is 0 Å². The fourth-order valence-electron chi connectivity index (χ4n) is 0.737. The van der Waals surface area contributed by atoms with Crippen LogP contribution >= 0.6 is 0 Å². The summed E-state index contributed by atoms with van der Waals surface area (Å²) in [6, 6.07) is 0. The molecular weight excluding hydrogens is 118 g/mol. The molecule has 0 aromatic carbocycles. The van der Waals surface area contributed by atoms with Crippen LogP contribution in [0.25, 0.3) is 0 Å². The molecule has 3 heteroatoms. The Kier molecular flexibility index (Phi) is 1.71. The maximum Gasteiger partial charge on any atom is 0.226 e. The summed E-state index contributed by atoms with van der Waals surface area (Å²) in [5.41, 5.74) is 0. The zero-order valence-corrected chi connectivity index (χ0v) is 5.68. The molecule has 0 aliphatic carbocycles. The predicted molar refractivity (Wildman–Crippen MR) is 32.8 cm³/mol.